The van der Waals surface area contributed by atoms with Crippen LogP contribution in [0.3, 0.4) is 0 Å². The molecule has 10 heteroatoms. The molecule has 2 heterocycles. The molecular weight excluding hydrogens is 463 g/mol. The standard InChI is InChI=1S/C23H25FN4O3S2/c1-13-8-9-17(11-19(13)33(30,31)28-18-12-25-20(24)10-14(18)2)21-15(3)26-23(32-21)27-22(29)16-6-4-5-7-16/h8-12,16,28H,4-7H2,1-3H3,(H,26,27,29). The number of sulfonamides is 1. The largest absolute Gasteiger partial charge is 0.302 e. The molecule has 7 nitrogen and oxygen atoms in total. The number of aromatic nitrogens is 2. The fourth-order valence-corrected chi connectivity index (χ4v) is 6.33. The zero-order chi connectivity index (χ0) is 23.8. The molecule has 0 atom stereocenters. The van der Waals surface area contributed by atoms with Crippen molar-refractivity contribution in [3.05, 3.63) is 53.2 Å². The van der Waals surface area contributed by atoms with Gasteiger partial charge in [-0.2, -0.15) is 4.39 Å². The number of halogens is 1. The molecule has 0 spiro atoms. The summed E-state index contributed by atoms with van der Waals surface area (Å²) in [6, 6.07) is 6.33. The van der Waals surface area contributed by atoms with Crippen LogP contribution in [0.1, 0.15) is 42.5 Å². The molecule has 1 fully saturated rings. The van der Waals surface area contributed by atoms with E-state index in [4.69, 9.17) is 0 Å². The first-order chi connectivity index (χ1) is 15.6. The second-order valence-corrected chi connectivity index (χ2v) is 11.0. The molecule has 1 aliphatic rings. The topological polar surface area (TPSA) is 101 Å². The molecule has 0 aliphatic heterocycles. The first-order valence-electron chi connectivity index (χ1n) is 10.7. The number of carbonyl (C=O) groups excluding carboxylic acids is 1. The summed E-state index contributed by atoms with van der Waals surface area (Å²) in [5, 5.41) is 3.42. The lowest BCUT2D eigenvalue weighted by Gasteiger charge is -2.13. The number of pyridine rings is 1. The Morgan fingerprint density at radius 1 is 1.12 bits per heavy atom. The molecule has 0 bridgehead atoms. The van der Waals surface area contributed by atoms with Crippen LogP contribution in [0.4, 0.5) is 15.2 Å². The van der Waals surface area contributed by atoms with Gasteiger partial charge in [0, 0.05) is 5.92 Å². The van der Waals surface area contributed by atoms with Gasteiger partial charge in [-0.05, 0) is 62.4 Å². The maximum atomic E-state index is 13.3. The fraction of sp³-hybridized carbons (Fsp3) is 0.348. The number of rotatable bonds is 6. The maximum absolute atomic E-state index is 13.3. The molecule has 174 valence electrons. The van der Waals surface area contributed by atoms with Crippen LogP contribution in [0, 0.1) is 32.6 Å². The van der Waals surface area contributed by atoms with Crippen LogP contribution in [0.2, 0.25) is 0 Å². The normalized spacial score (nSPS) is 14.4. The Bertz CT molecular complexity index is 1320. The maximum Gasteiger partial charge on any atom is 0.262 e. The average Bonchev–Trinajstić information content (AvgIpc) is 3.40. The SMILES string of the molecule is Cc1cc(F)ncc1NS(=O)(=O)c1cc(-c2sc(NC(=O)C3CCCC3)nc2C)ccc1C. The number of hydrogen-bond donors (Lipinski definition) is 2. The Labute approximate surface area is 196 Å². The number of hydrogen-bond acceptors (Lipinski definition) is 6. The van der Waals surface area contributed by atoms with Crippen LogP contribution in [-0.4, -0.2) is 24.3 Å². The first kappa shape index (κ1) is 23.3. The highest BCUT2D eigenvalue weighted by molar-refractivity contribution is 7.92. The van der Waals surface area contributed by atoms with Gasteiger partial charge in [0.2, 0.25) is 11.9 Å². The molecule has 0 saturated heterocycles. The fourth-order valence-electron chi connectivity index (χ4n) is 3.97. The molecule has 0 radical (unpaired) electrons. The molecule has 2 N–H and O–H groups in total. The van der Waals surface area contributed by atoms with Crippen molar-refractivity contribution in [3.8, 4) is 10.4 Å². The Balaban J connectivity index is 1.62. The summed E-state index contributed by atoms with van der Waals surface area (Å²) in [6.07, 6.45) is 5.11. The van der Waals surface area contributed by atoms with Crippen molar-refractivity contribution in [1.82, 2.24) is 9.97 Å². The van der Waals surface area contributed by atoms with Crippen molar-refractivity contribution in [2.24, 2.45) is 5.92 Å². The lowest BCUT2D eigenvalue weighted by atomic mass is 10.1. The van der Waals surface area contributed by atoms with Crippen molar-refractivity contribution in [1.29, 1.82) is 0 Å². The Hall–Kier alpha value is -2.85. The quantitative estimate of drug-likeness (QED) is 0.465. The van der Waals surface area contributed by atoms with E-state index >= 15 is 0 Å². The Morgan fingerprint density at radius 2 is 1.85 bits per heavy atom. The molecule has 3 aromatic rings. The number of carbonyl (C=O) groups is 1. The van der Waals surface area contributed by atoms with E-state index in [9.17, 15) is 17.6 Å². The monoisotopic (exact) mass is 488 g/mol. The van der Waals surface area contributed by atoms with Crippen LogP contribution in [0.25, 0.3) is 10.4 Å². The zero-order valence-electron chi connectivity index (χ0n) is 18.6. The average molecular weight is 489 g/mol. The summed E-state index contributed by atoms with van der Waals surface area (Å²) >= 11 is 1.32. The molecule has 1 amide bonds. The van der Waals surface area contributed by atoms with Gasteiger partial charge in [0.05, 0.1) is 27.4 Å². The summed E-state index contributed by atoms with van der Waals surface area (Å²) in [5.41, 5.74) is 2.61. The van der Waals surface area contributed by atoms with Gasteiger partial charge in [0.15, 0.2) is 5.13 Å². The van der Waals surface area contributed by atoms with E-state index in [1.165, 1.54) is 17.4 Å². The third-order valence-electron chi connectivity index (χ3n) is 5.81. The van der Waals surface area contributed by atoms with E-state index in [0.717, 1.165) is 36.8 Å². The smallest absolute Gasteiger partial charge is 0.262 e. The van der Waals surface area contributed by atoms with Crippen molar-refractivity contribution in [3.63, 3.8) is 0 Å². The number of thiazole rings is 1. The molecule has 0 unspecified atom stereocenters. The van der Waals surface area contributed by atoms with E-state index in [0.29, 0.717) is 27.5 Å². The Kier molecular flexibility index (Phi) is 6.49. The third kappa shape index (κ3) is 5.06. The lowest BCUT2D eigenvalue weighted by molar-refractivity contribution is -0.119. The molecule has 2 aromatic heterocycles. The second-order valence-electron chi connectivity index (χ2n) is 8.31. The van der Waals surface area contributed by atoms with E-state index in [1.807, 2.05) is 13.0 Å². The molecule has 1 saturated carbocycles. The number of benzene rings is 1. The second kappa shape index (κ2) is 9.18. The van der Waals surface area contributed by atoms with Crippen molar-refractivity contribution < 1.29 is 17.6 Å². The van der Waals surface area contributed by atoms with E-state index in [1.54, 1.807) is 26.0 Å². The van der Waals surface area contributed by atoms with Gasteiger partial charge in [-0.1, -0.05) is 36.3 Å². The van der Waals surface area contributed by atoms with E-state index in [-0.39, 0.29) is 22.4 Å². The van der Waals surface area contributed by atoms with Gasteiger partial charge < -0.3 is 5.32 Å². The summed E-state index contributed by atoms with van der Waals surface area (Å²) in [7, 11) is -3.94. The molecule has 1 aliphatic carbocycles. The van der Waals surface area contributed by atoms with Crippen LogP contribution in [-0.2, 0) is 14.8 Å². The van der Waals surface area contributed by atoms with Gasteiger partial charge >= 0.3 is 0 Å². The predicted molar refractivity (Wildman–Crippen MR) is 127 cm³/mol. The molecular formula is C23H25FN4O3S2. The summed E-state index contributed by atoms with van der Waals surface area (Å²) in [5.74, 6) is -0.651. The molecule has 1 aromatic carbocycles. The summed E-state index contributed by atoms with van der Waals surface area (Å²) in [6.45, 7) is 5.14. The number of nitrogens with zero attached hydrogens (tertiary/aromatic N) is 2. The van der Waals surface area contributed by atoms with Crippen molar-refractivity contribution in [2.75, 3.05) is 10.0 Å². The van der Waals surface area contributed by atoms with E-state index < -0.39 is 16.0 Å². The highest BCUT2D eigenvalue weighted by atomic mass is 32.2. The van der Waals surface area contributed by atoms with Gasteiger partial charge in [-0.15, -0.1) is 0 Å². The number of aryl methyl sites for hydroxylation is 3. The predicted octanol–water partition coefficient (Wildman–Crippen LogP) is 5.20. The van der Waals surface area contributed by atoms with Gasteiger partial charge in [0.1, 0.15) is 0 Å². The van der Waals surface area contributed by atoms with Crippen molar-refractivity contribution in [2.45, 2.75) is 51.3 Å². The third-order valence-corrected chi connectivity index (χ3v) is 8.44. The van der Waals surface area contributed by atoms with Crippen LogP contribution < -0.4 is 10.0 Å². The highest BCUT2D eigenvalue weighted by Gasteiger charge is 2.24. The highest BCUT2D eigenvalue weighted by Crippen LogP contribution is 2.36. The minimum Gasteiger partial charge on any atom is -0.302 e. The van der Waals surface area contributed by atoms with Crippen LogP contribution in [0.5, 0.6) is 0 Å². The number of amides is 1. The summed E-state index contributed by atoms with van der Waals surface area (Å²) in [4.78, 5) is 21.4. The van der Waals surface area contributed by atoms with E-state index in [2.05, 4.69) is 20.0 Å². The zero-order valence-corrected chi connectivity index (χ0v) is 20.2. The minimum absolute atomic E-state index is 0.00699. The number of nitrogens with one attached hydrogen (secondary N) is 2. The van der Waals surface area contributed by atoms with Gasteiger partial charge in [-0.25, -0.2) is 18.4 Å². The van der Waals surface area contributed by atoms with Gasteiger partial charge in [0.25, 0.3) is 10.0 Å². The Morgan fingerprint density at radius 3 is 2.55 bits per heavy atom. The van der Waals surface area contributed by atoms with Crippen molar-refractivity contribution >= 4 is 38.1 Å². The first-order valence-corrected chi connectivity index (χ1v) is 13.0. The summed E-state index contributed by atoms with van der Waals surface area (Å²) < 4.78 is 42.0. The van der Waals surface area contributed by atoms with Crippen LogP contribution >= 0.6 is 11.3 Å². The lowest BCUT2D eigenvalue weighted by Crippen LogP contribution is -2.20. The number of anilines is 2. The minimum atomic E-state index is -3.94. The molecule has 33 heavy (non-hydrogen) atoms. The molecule has 4 rings (SSSR count). The van der Waals surface area contributed by atoms with Gasteiger partial charge in [-0.3, -0.25) is 9.52 Å². The van der Waals surface area contributed by atoms with Crippen LogP contribution in [0.15, 0.2) is 35.4 Å².